The van der Waals surface area contributed by atoms with Crippen molar-refractivity contribution in [3.8, 4) is 0 Å². The van der Waals surface area contributed by atoms with Crippen LogP contribution in [-0.2, 0) is 9.47 Å². The Kier molecular flexibility index (Phi) is 2.47. The standard InChI is InChI=1S/C10H16O2/c1-8-5-10(12-7-8)6-9-3-2-4-11-9/h5,9-10H,2-4,6-7H2,1H3. The monoisotopic (exact) mass is 168 g/mol. The molecule has 0 N–H and O–H groups in total. The third-order valence-electron chi connectivity index (χ3n) is 2.51. The Bertz CT molecular complexity index is 180. The highest BCUT2D eigenvalue weighted by Gasteiger charge is 2.22. The van der Waals surface area contributed by atoms with Gasteiger partial charge < -0.3 is 9.47 Å². The van der Waals surface area contributed by atoms with Gasteiger partial charge in [0.2, 0.25) is 0 Å². The van der Waals surface area contributed by atoms with Crippen LogP contribution in [0, 0.1) is 0 Å². The predicted octanol–water partition coefficient (Wildman–Crippen LogP) is 1.90. The third kappa shape index (κ3) is 1.87. The Hall–Kier alpha value is -0.340. The summed E-state index contributed by atoms with van der Waals surface area (Å²) in [6.45, 7) is 3.88. The van der Waals surface area contributed by atoms with E-state index in [0.717, 1.165) is 19.6 Å². The number of rotatable bonds is 2. The van der Waals surface area contributed by atoms with Crippen molar-refractivity contribution in [3.05, 3.63) is 11.6 Å². The molecule has 0 amide bonds. The van der Waals surface area contributed by atoms with Crippen LogP contribution in [0.3, 0.4) is 0 Å². The summed E-state index contributed by atoms with van der Waals surface area (Å²) >= 11 is 0. The summed E-state index contributed by atoms with van der Waals surface area (Å²) in [7, 11) is 0. The second-order valence-electron chi connectivity index (χ2n) is 3.73. The van der Waals surface area contributed by atoms with Gasteiger partial charge in [-0.15, -0.1) is 0 Å². The first kappa shape index (κ1) is 8.27. The van der Waals surface area contributed by atoms with E-state index in [0.29, 0.717) is 12.2 Å². The van der Waals surface area contributed by atoms with Crippen LogP contribution in [-0.4, -0.2) is 25.4 Å². The molecule has 0 bridgehead atoms. The molecule has 1 fully saturated rings. The molecule has 2 heteroatoms. The van der Waals surface area contributed by atoms with Crippen LogP contribution < -0.4 is 0 Å². The van der Waals surface area contributed by atoms with Crippen molar-refractivity contribution >= 4 is 0 Å². The Balaban J connectivity index is 1.79. The molecule has 68 valence electrons. The lowest BCUT2D eigenvalue weighted by atomic mass is 10.1. The molecule has 2 aliphatic heterocycles. The fraction of sp³-hybridized carbons (Fsp3) is 0.800. The topological polar surface area (TPSA) is 18.5 Å². The fourth-order valence-electron chi connectivity index (χ4n) is 1.88. The summed E-state index contributed by atoms with van der Waals surface area (Å²) in [6.07, 6.45) is 6.50. The first-order valence-corrected chi connectivity index (χ1v) is 4.75. The first-order valence-electron chi connectivity index (χ1n) is 4.75. The van der Waals surface area contributed by atoms with Crippen molar-refractivity contribution in [2.45, 2.75) is 38.4 Å². The molecule has 2 heterocycles. The molecule has 2 aliphatic rings. The van der Waals surface area contributed by atoms with E-state index < -0.39 is 0 Å². The van der Waals surface area contributed by atoms with Gasteiger partial charge in [-0.2, -0.15) is 0 Å². The number of ether oxygens (including phenoxy) is 2. The van der Waals surface area contributed by atoms with E-state index in [2.05, 4.69) is 13.0 Å². The maximum absolute atomic E-state index is 5.55. The first-order chi connectivity index (χ1) is 5.84. The summed E-state index contributed by atoms with van der Waals surface area (Å²) in [5.41, 5.74) is 1.36. The Morgan fingerprint density at radius 3 is 3.00 bits per heavy atom. The molecule has 0 aromatic carbocycles. The van der Waals surface area contributed by atoms with Crippen LogP contribution in [0.15, 0.2) is 11.6 Å². The second kappa shape index (κ2) is 3.58. The highest BCUT2D eigenvalue weighted by Crippen LogP contribution is 2.22. The van der Waals surface area contributed by atoms with Crippen molar-refractivity contribution < 1.29 is 9.47 Å². The van der Waals surface area contributed by atoms with Crippen molar-refractivity contribution in [2.24, 2.45) is 0 Å². The minimum atomic E-state index is 0.327. The second-order valence-corrected chi connectivity index (χ2v) is 3.73. The summed E-state index contributed by atoms with van der Waals surface area (Å²) in [5.74, 6) is 0. The molecule has 1 saturated heterocycles. The normalized spacial score (nSPS) is 35.6. The molecule has 0 aromatic rings. The Morgan fingerprint density at radius 1 is 1.50 bits per heavy atom. The zero-order valence-electron chi connectivity index (χ0n) is 7.58. The lowest BCUT2D eigenvalue weighted by Gasteiger charge is -2.13. The summed E-state index contributed by atoms with van der Waals surface area (Å²) in [6, 6.07) is 0. The SMILES string of the molecule is CC1=CC(CC2CCCO2)OC1. The molecule has 2 nitrogen and oxygen atoms in total. The van der Waals surface area contributed by atoms with Crippen molar-refractivity contribution in [1.29, 1.82) is 0 Å². The maximum atomic E-state index is 5.55. The summed E-state index contributed by atoms with van der Waals surface area (Å²) in [4.78, 5) is 0. The minimum Gasteiger partial charge on any atom is -0.378 e. The van der Waals surface area contributed by atoms with Gasteiger partial charge in [-0.3, -0.25) is 0 Å². The van der Waals surface area contributed by atoms with Crippen LogP contribution in [0.5, 0.6) is 0 Å². The minimum absolute atomic E-state index is 0.327. The fourth-order valence-corrected chi connectivity index (χ4v) is 1.88. The summed E-state index contributed by atoms with van der Waals surface area (Å²) in [5, 5.41) is 0. The predicted molar refractivity (Wildman–Crippen MR) is 47.1 cm³/mol. The van der Waals surface area contributed by atoms with Gasteiger partial charge in [-0.25, -0.2) is 0 Å². The molecular formula is C10H16O2. The van der Waals surface area contributed by atoms with E-state index in [1.54, 1.807) is 0 Å². The van der Waals surface area contributed by atoms with Crippen molar-refractivity contribution in [2.75, 3.05) is 13.2 Å². The number of hydrogen-bond donors (Lipinski definition) is 0. The van der Waals surface area contributed by atoms with Gasteiger partial charge in [0.25, 0.3) is 0 Å². The lowest BCUT2D eigenvalue weighted by molar-refractivity contribution is 0.0458. The van der Waals surface area contributed by atoms with Crippen LogP contribution in [0.2, 0.25) is 0 Å². The molecule has 2 rings (SSSR count). The zero-order chi connectivity index (χ0) is 8.39. The quantitative estimate of drug-likeness (QED) is 0.586. The van der Waals surface area contributed by atoms with Crippen molar-refractivity contribution in [1.82, 2.24) is 0 Å². The van der Waals surface area contributed by atoms with Crippen molar-refractivity contribution in [3.63, 3.8) is 0 Å². The lowest BCUT2D eigenvalue weighted by Crippen LogP contribution is -2.15. The maximum Gasteiger partial charge on any atom is 0.0788 e. The third-order valence-corrected chi connectivity index (χ3v) is 2.51. The average Bonchev–Trinajstić information content (AvgIpc) is 2.63. The highest BCUT2D eigenvalue weighted by atomic mass is 16.5. The molecule has 0 aliphatic carbocycles. The Labute approximate surface area is 73.5 Å². The molecule has 12 heavy (non-hydrogen) atoms. The van der Waals surface area contributed by atoms with Crippen LogP contribution in [0.1, 0.15) is 26.2 Å². The summed E-state index contributed by atoms with van der Waals surface area (Å²) < 4.78 is 11.1. The van der Waals surface area contributed by atoms with Gasteiger partial charge in [0.05, 0.1) is 18.8 Å². The molecule has 2 unspecified atom stereocenters. The smallest absolute Gasteiger partial charge is 0.0788 e. The van der Waals surface area contributed by atoms with E-state index in [9.17, 15) is 0 Å². The largest absolute Gasteiger partial charge is 0.378 e. The van der Waals surface area contributed by atoms with E-state index >= 15 is 0 Å². The van der Waals surface area contributed by atoms with Gasteiger partial charge in [-0.05, 0) is 25.3 Å². The van der Waals surface area contributed by atoms with E-state index in [1.165, 1.54) is 18.4 Å². The Morgan fingerprint density at radius 2 is 2.42 bits per heavy atom. The van der Waals surface area contributed by atoms with Gasteiger partial charge in [0.1, 0.15) is 0 Å². The highest BCUT2D eigenvalue weighted by molar-refractivity contribution is 5.08. The molecule has 0 spiro atoms. The van der Waals surface area contributed by atoms with Gasteiger partial charge in [-0.1, -0.05) is 6.08 Å². The molecule has 0 saturated carbocycles. The number of hydrogen-bond acceptors (Lipinski definition) is 2. The van der Waals surface area contributed by atoms with E-state index in [4.69, 9.17) is 9.47 Å². The van der Waals surface area contributed by atoms with Crippen LogP contribution in [0.4, 0.5) is 0 Å². The average molecular weight is 168 g/mol. The van der Waals surface area contributed by atoms with E-state index in [1.807, 2.05) is 0 Å². The molecule has 0 aromatic heterocycles. The van der Waals surface area contributed by atoms with Gasteiger partial charge in [0, 0.05) is 13.0 Å². The molecule has 0 radical (unpaired) electrons. The van der Waals surface area contributed by atoms with Gasteiger partial charge in [0.15, 0.2) is 0 Å². The van der Waals surface area contributed by atoms with Crippen LogP contribution in [0.25, 0.3) is 0 Å². The van der Waals surface area contributed by atoms with Gasteiger partial charge >= 0.3 is 0 Å². The zero-order valence-corrected chi connectivity index (χ0v) is 7.58. The molecule has 2 atom stereocenters. The van der Waals surface area contributed by atoms with E-state index in [-0.39, 0.29) is 0 Å². The molecular weight excluding hydrogens is 152 g/mol. The van der Waals surface area contributed by atoms with Crippen LogP contribution >= 0.6 is 0 Å².